The molecule has 18 heavy (non-hydrogen) atoms. The van der Waals surface area contributed by atoms with Crippen molar-refractivity contribution >= 4 is 17.4 Å². The highest BCUT2D eigenvalue weighted by atomic mass is 32.2. The van der Waals surface area contributed by atoms with E-state index in [-0.39, 0.29) is 0 Å². The first-order valence-electron chi connectivity index (χ1n) is 5.75. The fourth-order valence-corrected chi connectivity index (χ4v) is 2.25. The number of anilines is 1. The van der Waals surface area contributed by atoms with Crippen LogP contribution in [0.5, 0.6) is 5.75 Å². The predicted octanol–water partition coefficient (Wildman–Crippen LogP) is 2.34. The van der Waals surface area contributed by atoms with Gasteiger partial charge in [-0.05, 0) is 30.3 Å². The fraction of sp³-hybridized carbons (Fsp3) is 0.333. The molecule has 0 aliphatic heterocycles. The molecule has 0 spiro atoms. The van der Waals surface area contributed by atoms with Gasteiger partial charge in [0, 0.05) is 11.9 Å². The zero-order valence-electron chi connectivity index (χ0n) is 10.5. The quantitative estimate of drug-likeness (QED) is 0.840. The van der Waals surface area contributed by atoms with E-state index in [1.807, 2.05) is 29.8 Å². The molecule has 0 aliphatic carbocycles. The molecule has 0 unspecified atom stereocenters. The lowest BCUT2D eigenvalue weighted by atomic mass is 10.3. The summed E-state index contributed by atoms with van der Waals surface area (Å²) in [4.78, 5) is 0.930. The van der Waals surface area contributed by atoms with Gasteiger partial charge in [0.25, 0.3) is 0 Å². The summed E-state index contributed by atoms with van der Waals surface area (Å²) in [7, 11) is 1.90. The van der Waals surface area contributed by atoms with Crippen molar-refractivity contribution < 1.29 is 4.74 Å². The van der Waals surface area contributed by atoms with Crippen LogP contribution in [0.1, 0.15) is 13.3 Å². The Bertz CT molecular complexity index is 527. The molecule has 1 aromatic carbocycles. The van der Waals surface area contributed by atoms with E-state index < -0.39 is 0 Å². The zero-order valence-corrected chi connectivity index (χ0v) is 11.3. The third-order valence-electron chi connectivity index (χ3n) is 2.36. The molecule has 0 radical (unpaired) electrons. The Morgan fingerprint density at radius 2 is 2.28 bits per heavy atom. The first-order valence-corrected chi connectivity index (χ1v) is 6.57. The van der Waals surface area contributed by atoms with E-state index in [2.05, 4.69) is 17.1 Å². The number of rotatable bonds is 5. The van der Waals surface area contributed by atoms with E-state index in [1.165, 1.54) is 11.8 Å². The summed E-state index contributed by atoms with van der Waals surface area (Å²) in [5.41, 5.74) is 6.74. The molecular weight excluding hydrogens is 248 g/mol. The van der Waals surface area contributed by atoms with Gasteiger partial charge in [0.05, 0.1) is 12.3 Å². The summed E-state index contributed by atoms with van der Waals surface area (Å²) in [6.07, 6.45) is 2.62. The number of aryl methyl sites for hydroxylation is 1. The van der Waals surface area contributed by atoms with Crippen molar-refractivity contribution in [3.8, 4) is 5.75 Å². The number of nitrogen functional groups attached to an aromatic ring is 1. The minimum atomic E-state index is 0.652. The Labute approximate surface area is 110 Å². The first-order chi connectivity index (χ1) is 8.72. The van der Waals surface area contributed by atoms with Gasteiger partial charge in [0.1, 0.15) is 12.1 Å². The molecule has 1 heterocycles. The third kappa shape index (κ3) is 2.76. The van der Waals surface area contributed by atoms with Gasteiger partial charge in [-0.3, -0.25) is 0 Å². The van der Waals surface area contributed by atoms with Gasteiger partial charge in [-0.2, -0.15) is 0 Å². The molecule has 0 fully saturated rings. The minimum absolute atomic E-state index is 0.652. The van der Waals surface area contributed by atoms with Gasteiger partial charge in [0.2, 0.25) is 0 Å². The van der Waals surface area contributed by atoms with Crippen LogP contribution in [0.3, 0.4) is 0 Å². The molecule has 2 rings (SSSR count). The van der Waals surface area contributed by atoms with Crippen LogP contribution in [0.2, 0.25) is 0 Å². The topological polar surface area (TPSA) is 66.0 Å². The lowest BCUT2D eigenvalue weighted by Gasteiger charge is -2.11. The van der Waals surface area contributed by atoms with Crippen molar-refractivity contribution in [1.29, 1.82) is 0 Å². The molecule has 0 atom stereocenters. The second-order valence-corrected chi connectivity index (χ2v) is 4.85. The maximum atomic E-state index is 6.09. The number of ether oxygens (including phenoxy) is 1. The highest BCUT2D eigenvalue weighted by Crippen LogP contribution is 2.35. The number of hydrogen-bond acceptors (Lipinski definition) is 5. The number of para-hydroxylation sites is 1. The van der Waals surface area contributed by atoms with Crippen LogP contribution >= 0.6 is 11.8 Å². The molecule has 0 bridgehead atoms. The van der Waals surface area contributed by atoms with E-state index in [1.54, 1.807) is 6.33 Å². The smallest absolute Gasteiger partial charge is 0.195 e. The maximum Gasteiger partial charge on any atom is 0.195 e. The van der Waals surface area contributed by atoms with Crippen LogP contribution < -0.4 is 10.5 Å². The second-order valence-electron chi connectivity index (χ2n) is 3.84. The molecule has 2 N–H and O–H groups in total. The standard InChI is InChI=1S/C12H16N4OS/c1-3-7-17-9-5-4-6-10(11(9)13)18-12-15-14-8-16(12)2/h4-6,8H,3,7,13H2,1-2H3. The molecule has 1 aromatic heterocycles. The van der Waals surface area contributed by atoms with Crippen molar-refractivity contribution in [3.05, 3.63) is 24.5 Å². The third-order valence-corrected chi connectivity index (χ3v) is 3.49. The summed E-state index contributed by atoms with van der Waals surface area (Å²) in [5, 5.41) is 8.66. The van der Waals surface area contributed by atoms with Crippen LogP contribution in [-0.2, 0) is 7.05 Å². The molecule has 0 saturated heterocycles. The average Bonchev–Trinajstić information content (AvgIpc) is 2.76. The van der Waals surface area contributed by atoms with Crippen LogP contribution in [0.15, 0.2) is 34.6 Å². The van der Waals surface area contributed by atoms with E-state index in [0.717, 1.165) is 22.2 Å². The monoisotopic (exact) mass is 264 g/mol. The predicted molar refractivity (Wildman–Crippen MR) is 71.8 cm³/mol. The highest BCUT2D eigenvalue weighted by Gasteiger charge is 2.10. The van der Waals surface area contributed by atoms with Crippen LogP contribution in [0.25, 0.3) is 0 Å². The van der Waals surface area contributed by atoms with Gasteiger partial charge in [-0.25, -0.2) is 0 Å². The average molecular weight is 264 g/mol. The fourth-order valence-electron chi connectivity index (χ4n) is 1.41. The van der Waals surface area contributed by atoms with Crippen molar-refractivity contribution in [3.63, 3.8) is 0 Å². The number of nitrogens with two attached hydrogens (primary N) is 1. The van der Waals surface area contributed by atoms with E-state index >= 15 is 0 Å². The van der Waals surface area contributed by atoms with Gasteiger partial charge in [-0.15, -0.1) is 10.2 Å². The van der Waals surface area contributed by atoms with Gasteiger partial charge < -0.3 is 15.0 Å². The van der Waals surface area contributed by atoms with E-state index in [9.17, 15) is 0 Å². The van der Waals surface area contributed by atoms with Gasteiger partial charge in [-0.1, -0.05) is 13.0 Å². The van der Waals surface area contributed by atoms with Crippen molar-refractivity contribution in [2.24, 2.45) is 7.05 Å². The van der Waals surface area contributed by atoms with Crippen molar-refractivity contribution in [1.82, 2.24) is 14.8 Å². The summed E-state index contributed by atoms with van der Waals surface area (Å²) >= 11 is 1.48. The molecule has 5 nitrogen and oxygen atoms in total. The summed E-state index contributed by atoms with van der Waals surface area (Å²) in [6.45, 7) is 2.73. The summed E-state index contributed by atoms with van der Waals surface area (Å²) < 4.78 is 7.45. The Morgan fingerprint density at radius 1 is 1.44 bits per heavy atom. The summed E-state index contributed by atoms with van der Waals surface area (Å²) in [6, 6.07) is 5.76. The zero-order chi connectivity index (χ0) is 13.0. The number of hydrogen-bond donors (Lipinski definition) is 1. The Kier molecular flexibility index (Phi) is 4.09. The minimum Gasteiger partial charge on any atom is -0.491 e. The van der Waals surface area contributed by atoms with Crippen molar-refractivity contribution in [2.45, 2.75) is 23.4 Å². The maximum absolute atomic E-state index is 6.09. The van der Waals surface area contributed by atoms with Gasteiger partial charge >= 0.3 is 0 Å². The molecule has 6 heteroatoms. The van der Waals surface area contributed by atoms with Crippen LogP contribution in [0, 0.1) is 0 Å². The van der Waals surface area contributed by atoms with E-state index in [4.69, 9.17) is 10.5 Å². The Balaban J connectivity index is 2.21. The highest BCUT2D eigenvalue weighted by molar-refractivity contribution is 7.99. The molecule has 96 valence electrons. The van der Waals surface area contributed by atoms with Crippen LogP contribution in [0.4, 0.5) is 5.69 Å². The van der Waals surface area contributed by atoms with Gasteiger partial charge in [0.15, 0.2) is 5.16 Å². The van der Waals surface area contributed by atoms with Crippen molar-refractivity contribution in [2.75, 3.05) is 12.3 Å². The largest absolute Gasteiger partial charge is 0.491 e. The number of aromatic nitrogens is 3. The SMILES string of the molecule is CCCOc1cccc(Sc2nncn2C)c1N. The number of benzene rings is 1. The van der Waals surface area contributed by atoms with E-state index in [0.29, 0.717) is 12.3 Å². The first kappa shape index (κ1) is 12.8. The second kappa shape index (κ2) is 5.77. The van der Waals surface area contributed by atoms with Crippen LogP contribution in [-0.4, -0.2) is 21.4 Å². The lowest BCUT2D eigenvalue weighted by Crippen LogP contribution is -2.00. The number of nitrogens with zero attached hydrogens (tertiary/aromatic N) is 3. The molecular formula is C12H16N4OS. The molecule has 2 aromatic rings. The molecule has 0 aliphatic rings. The molecule has 0 amide bonds. The molecule has 0 saturated carbocycles. The Morgan fingerprint density at radius 3 is 2.94 bits per heavy atom. The summed E-state index contributed by atoms with van der Waals surface area (Å²) in [5.74, 6) is 0.726. The normalized spacial score (nSPS) is 10.6. The Hall–Kier alpha value is -1.69. The lowest BCUT2D eigenvalue weighted by molar-refractivity contribution is 0.318.